The number of hydrogen-bond donors (Lipinski definition) is 2. The van der Waals surface area contributed by atoms with E-state index in [2.05, 4.69) is 14.9 Å². The minimum atomic E-state index is -3.96. The fraction of sp³-hybridized carbons (Fsp3) is 0.533. The van der Waals surface area contributed by atoms with E-state index in [1.807, 2.05) is 0 Å². The number of rotatable bonds is 7. The maximum atomic E-state index is 12.4. The average molecular weight is 410 g/mol. The van der Waals surface area contributed by atoms with Crippen LogP contribution in [0.15, 0.2) is 23.1 Å². The van der Waals surface area contributed by atoms with Gasteiger partial charge in [-0.2, -0.15) is 4.72 Å². The molecule has 1 atom stereocenters. The fourth-order valence-corrected chi connectivity index (χ4v) is 4.31. The van der Waals surface area contributed by atoms with E-state index in [9.17, 15) is 13.2 Å². The highest BCUT2D eigenvalue weighted by molar-refractivity contribution is 7.89. The third-order valence-corrected chi connectivity index (χ3v) is 6.00. The highest BCUT2D eigenvalue weighted by Crippen LogP contribution is 2.24. The molecule has 0 radical (unpaired) electrons. The zero-order valence-electron chi connectivity index (χ0n) is 13.8. The van der Waals surface area contributed by atoms with Crippen molar-refractivity contribution in [2.45, 2.75) is 17.9 Å². The standard InChI is InChI=1S/C15H21Cl2N3O4S/c1-11(15(21)18-4-5-20-6-8-24-9-7-20)19-25(22,23)14-10-12(16)2-3-13(14)17/h2-3,10-11,19H,4-9H2,1H3,(H,18,21)/t11-/m0/s1. The van der Waals surface area contributed by atoms with Gasteiger partial charge < -0.3 is 10.1 Å². The van der Waals surface area contributed by atoms with Gasteiger partial charge in [0.15, 0.2) is 0 Å². The third-order valence-electron chi connectivity index (χ3n) is 3.74. The first-order valence-electron chi connectivity index (χ1n) is 7.85. The van der Waals surface area contributed by atoms with Crippen LogP contribution in [-0.2, 0) is 19.6 Å². The van der Waals surface area contributed by atoms with Crippen molar-refractivity contribution in [2.24, 2.45) is 0 Å². The molecule has 2 rings (SSSR count). The molecule has 0 unspecified atom stereocenters. The average Bonchev–Trinajstić information content (AvgIpc) is 2.57. The summed E-state index contributed by atoms with van der Waals surface area (Å²) in [6.07, 6.45) is 0. The molecule has 10 heteroatoms. The zero-order chi connectivity index (χ0) is 18.4. The van der Waals surface area contributed by atoms with Crippen LogP contribution >= 0.6 is 23.2 Å². The van der Waals surface area contributed by atoms with Crippen molar-refractivity contribution in [1.29, 1.82) is 0 Å². The lowest BCUT2D eigenvalue weighted by atomic mass is 10.3. The summed E-state index contributed by atoms with van der Waals surface area (Å²) in [5.74, 6) is -0.407. The Morgan fingerprint density at radius 2 is 2.00 bits per heavy atom. The van der Waals surface area contributed by atoms with Crippen LogP contribution in [0.3, 0.4) is 0 Å². The second-order valence-corrected chi connectivity index (χ2v) is 8.19. The molecule has 0 spiro atoms. The normalized spacial score (nSPS) is 17.2. The van der Waals surface area contributed by atoms with E-state index in [-0.39, 0.29) is 14.9 Å². The lowest BCUT2D eigenvalue weighted by molar-refractivity contribution is -0.122. The van der Waals surface area contributed by atoms with Crippen LogP contribution in [0, 0.1) is 0 Å². The molecule has 1 aromatic carbocycles. The molecule has 1 fully saturated rings. The van der Waals surface area contributed by atoms with Crippen LogP contribution in [-0.4, -0.2) is 64.7 Å². The van der Waals surface area contributed by atoms with Gasteiger partial charge in [-0.15, -0.1) is 0 Å². The van der Waals surface area contributed by atoms with E-state index in [0.29, 0.717) is 26.3 Å². The van der Waals surface area contributed by atoms with Crippen LogP contribution in [0.5, 0.6) is 0 Å². The fourth-order valence-electron chi connectivity index (χ4n) is 2.35. The molecule has 2 N–H and O–H groups in total. The molecular formula is C15H21Cl2N3O4S. The molecular weight excluding hydrogens is 389 g/mol. The summed E-state index contributed by atoms with van der Waals surface area (Å²) >= 11 is 11.7. The van der Waals surface area contributed by atoms with Gasteiger partial charge in [0.25, 0.3) is 0 Å². The summed E-state index contributed by atoms with van der Waals surface area (Å²) in [5, 5.41) is 3.00. The molecule has 0 aliphatic carbocycles. The Bertz CT molecular complexity index is 709. The maximum absolute atomic E-state index is 12.4. The van der Waals surface area contributed by atoms with E-state index < -0.39 is 22.0 Å². The maximum Gasteiger partial charge on any atom is 0.242 e. The van der Waals surface area contributed by atoms with Crippen molar-refractivity contribution in [3.63, 3.8) is 0 Å². The topological polar surface area (TPSA) is 87.7 Å². The van der Waals surface area contributed by atoms with Crippen molar-refractivity contribution in [1.82, 2.24) is 14.9 Å². The van der Waals surface area contributed by atoms with Crippen LogP contribution in [0.4, 0.5) is 0 Å². The van der Waals surface area contributed by atoms with Gasteiger partial charge in [0.05, 0.1) is 24.3 Å². The summed E-state index contributed by atoms with van der Waals surface area (Å²) in [5.41, 5.74) is 0. The largest absolute Gasteiger partial charge is 0.379 e. The Kier molecular flexibility index (Phi) is 7.48. The van der Waals surface area contributed by atoms with Crippen molar-refractivity contribution >= 4 is 39.1 Å². The minimum absolute atomic E-state index is 0.0387. The predicted molar refractivity (Wildman–Crippen MR) is 96.5 cm³/mol. The predicted octanol–water partition coefficient (Wildman–Crippen LogP) is 1.11. The quantitative estimate of drug-likeness (QED) is 0.703. The number of halogens is 2. The first-order valence-corrected chi connectivity index (χ1v) is 10.1. The summed E-state index contributed by atoms with van der Waals surface area (Å²) < 4.78 is 32.3. The number of amides is 1. The highest BCUT2D eigenvalue weighted by atomic mass is 35.5. The van der Waals surface area contributed by atoms with Crippen molar-refractivity contribution in [3.8, 4) is 0 Å². The van der Waals surface area contributed by atoms with Gasteiger partial charge >= 0.3 is 0 Å². The van der Waals surface area contributed by atoms with Gasteiger partial charge in [-0.05, 0) is 25.1 Å². The number of hydrogen-bond acceptors (Lipinski definition) is 5. The van der Waals surface area contributed by atoms with Crippen LogP contribution in [0.2, 0.25) is 10.0 Å². The van der Waals surface area contributed by atoms with Crippen LogP contribution in [0.25, 0.3) is 0 Å². The molecule has 0 bridgehead atoms. The number of morpholine rings is 1. The molecule has 7 nitrogen and oxygen atoms in total. The lowest BCUT2D eigenvalue weighted by Gasteiger charge is -2.26. The van der Waals surface area contributed by atoms with Gasteiger partial charge in [-0.1, -0.05) is 23.2 Å². The van der Waals surface area contributed by atoms with E-state index in [1.54, 1.807) is 0 Å². The number of carbonyl (C=O) groups is 1. The van der Waals surface area contributed by atoms with Crippen LogP contribution in [0.1, 0.15) is 6.92 Å². The first kappa shape index (κ1) is 20.4. The van der Waals surface area contributed by atoms with Crippen molar-refractivity contribution in [3.05, 3.63) is 28.2 Å². The van der Waals surface area contributed by atoms with E-state index in [1.165, 1.54) is 25.1 Å². The zero-order valence-corrected chi connectivity index (χ0v) is 16.1. The molecule has 1 amide bonds. The second kappa shape index (κ2) is 9.16. The van der Waals surface area contributed by atoms with Crippen molar-refractivity contribution in [2.75, 3.05) is 39.4 Å². The molecule has 1 saturated heterocycles. The Hall–Kier alpha value is -0.900. The second-order valence-electron chi connectivity index (χ2n) is 5.66. The number of nitrogens with zero attached hydrogens (tertiary/aromatic N) is 1. The van der Waals surface area contributed by atoms with Gasteiger partial charge in [0.1, 0.15) is 4.90 Å². The van der Waals surface area contributed by atoms with E-state index >= 15 is 0 Å². The highest BCUT2D eigenvalue weighted by Gasteiger charge is 2.24. The molecule has 1 aromatic rings. The van der Waals surface area contributed by atoms with Gasteiger partial charge in [-0.25, -0.2) is 8.42 Å². The Balaban J connectivity index is 1.87. The Morgan fingerprint density at radius 3 is 2.68 bits per heavy atom. The third kappa shape index (κ3) is 6.09. The summed E-state index contributed by atoms with van der Waals surface area (Å²) in [6.45, 7) is 5.61. The smallest absolute Gasteiger partial charge is 0.242 e. The SMILES string of the molecule is C[C@H](NS(=O)(=O)c1cc(Cl)ccc1Cl)C(=O)NCCN1CCOCC1. The number of benzene rings is 1. The number of nitrogens with one attached hydrogen (secondary N) is 2. The molecule has 1 aliphatic rings. The molecule has 0 aromatic heterocycles. The molecule has 25 heavy (non-hydrogen) atoms. The van der Waals surface area contributed by atoms with Gasteiger partial charge in [0.2, 0.25) is 15.9 Å². The first-order chi connectivity index (χ1) is 11.8. The molecule has 1 heterocycles. The lowest BCUT2D eigenvalue weighted by Crippen LogP contribution is -2.47. The Labute approximate surface area is 157 Å². The minimum Gasteiger partial charge on any atom is -0.379 e. The molecule has 1 aliphatic heterocycles. The summed E-state index contributed by atoms with van der Waals surface area (Å²) in [7, 11) is -3.96. The van der Waals surface area contributed by atoms with Gasteiger partial charge in [0, 0.05) is 31.2 Å². The van der Waals surface area contributed by atoms with Crippen molar-refractivity contribution < 1.29 is 17.9 Å². The molecule has 0 saturated carbocycles. The summed E-state index contributed by atoms with van der Waals surface area (Å²) in [4.78, 5) is 14.1. The number of sulfonamides is 1. The van der Waals surface area contributed by atoms with Crippen LogP contribution < -0.4 is 10.0 Å². The monoisotopic (exact) mass is 409 g/mol. The van der Waals surface area contributed by atoms with E-state index in [0.717, 1.165) is 13.1 Å². The Morgan fingerprint density at radius 1 is 1.32 bits per heavy atom. The molecule has 140 valence electrons. The van der Waals surface area contributed by atoms with Gasteiger partial charge in [-0.3, -0.25) is 9.69 Å². The van der Waals surface area contributed by atoms with E-state index in [4.69, 9.17) is 27.9 Å². The number of ether oxygens (including phenoxy) is 1. The number of carbonyl (C=O) groups excluding carboxylic acids is 1. The summed E-state index contributed by atoms with van der Waals surface area (Å²) in [6, 6.07) is 3.19.